The molecule has 23 heteroatoms. The zero-order valence-corrected chi connectivity index (χ0v) is 41.9. The van der Waals surface area contributed by atoms with Gasteiger partial charge in [0.1, 0.15) is 36.7 Å². The Kier molecular flexibility index (Phi) is 19.3. The van der Waals surface area contributed by atoms with Crippen LogP contribution < -0.4 is 10.6 Å². The number of hydrogen-bond donors (Lipinski definition) is 6. The molecule has 5 aromatic rings. The number of fused-ring (bicyclic) bond motifs is 2. The molecule has 3 aliphatic rings. The minimum Gasteiger partial charge on any atom is -0.390 e. The molecule has 0 spiro atoms. The summed E-state index contributed by atoms with van der Waals surface area (Å²) in [5.41, 5.74) is 3.95. The summed E-state index contributed by atoms with van der Waals surface area (Å²) in [7, 11) is 1.95. The van der Waals surface area contributed by atoms with E-state index in [1.165, 1.54) is 27.1 Å². The van der Waals surface area contributed by atoms with Crippen LogP contribution in [0.4, 0.5) is 11.6 Å². The molecule has 0 bridgehead atoms. The smallest absolute Gasteiger partial charge is 0.275 e. The van der Waals surface area contributed by atoms with E-state index in [0.29, 0.717) is 98.5 Å². The Labute approximate surface area is 430 Å². The molecule has 1 aliphatic heterocycles. The second kappa shape index (κ2) is 24.5. The van der Waals surface area contributed by atoms with Crippen LogP contribution in [0.15, 0.2) is 54.0 Å². The van der Waals surface area contributed by atoms with Gasteiger partial charge in [-0.05, 0) is 79.3 Å². The van der Waals surface area contributed by atoms with Crippen LogP contribution in [-0.4, -0.2) is 143 Å². The van der Waals surface area contributed by atoms with E-state index in [0.717, 1.165) is 6.04 Å². The summed E-state index contributed by atoms with van der Waals surface area (Å²) < 4.78 is 7.44. The van der Waals surface area contributed by atoms with Crippen LogP contribution in [0.1, 0.15) is 84.5 Å². The van der Waals surface area contributed by atoms with Crippen LogP contribution >= 0.6 is 23.2 Å². The first-order valence-electron chi connectivity index (χ1n) is 22.7. The molecule has 2 fully saturated rings. The molecule has 20 nitrogen and oxygen atoms in total. The normalized spacial score (nSPS) is 19.9. The van der Waals surface area contributed by atoms with Gasteiger partial charge in [-0.15, -0.1) is 0 Å². The third-order valence-corrected chi connectivity index (χ3v) is 14.6. The Morgan fingerprint density at radius 1 is 0.792 bits per heavy atom. The molecule has 0 radical (unpaired) electrons. The van der Waals surface area contributed by atoms with Crippen molar-refractivity contribution in [3.8, 4) is 12.1 Å². The molecule has 2 saturated carbocycles. The van der Waals surface area contributed by atoms with Crippen LogP contribution in [0.25, 0.3) is 11.0 Å². The van der Waals surface area contributed by atoms with Gasteiger partial charge >= 0.3 is 0 Å². The Morgan fingerprint density at radius 2 is 1.32 bits per heavy atom. The zero-order chi connectivity index (χ0) is 50.4. The van der Waals surface area contributed by atoms with E-state index in [-0.39, 0.29) is 64.6 Å². The lowest BCUT2D eigenvalue weighted by molar-refractivity contribution is -0.123. The number of hydrogen-bond acceptors (Lipinski definition) is 17. The predicted molar refractivity (Wildman–Crippen MR) is 277 cm³/mol. The number of aliphatic hydroxyl groups excluding tert-OH is 4. The fraction of sp³-hybridized carbons (Fsp3) is 0.469. The Hall–Kier alpha value is -6.14. The van der Waals surface area contributed by atoms with Gasteiger partial charge in [-0.2, -0.15) is 15.6 Å². The van der Waals surface area contributed by atoms with Crippen molar-refractivity contribution in [1.82, 2.24) is 39.5 Å². The number of ether oxygens (including phenoxy) is 1. The molecule has 8 rings (SSSR count). The fourth-order valence-corrected chi connectivity index (χ4v) is 9.55. The number of carbonyl (C=O) groups excluding carboxylic acids is 2. The number of halogens is 2. The maximum Gasteiger partial charge on any atom is 0.275 e. The van der Waals surface area contributed by atoms with Crippen LogP contribution in [0, 0.1) is 22.7 Å². The highest BCUT2D eigenvalue weighted by molar-refractivity contribution is 6.76. The summed E-state index contributed by atoms with van der Waals surface area (Å²) in [6, 6.07) is 14.2. The highest BCUT2D eigenvalue weighted by Gasteiger charge is 2.37. The maximum atomic E-state index is 13.8. The van der Waals surface area contributed by atoms with Crippen LogP contribution in [0.5, 0.6) is 0 Å². The molecule has 0 unspecified atom stereocenters. The number of aliphatic imine (C=N–C) groups is 1. The van der Waals surface area contributed by atoms with E-state index in [1.807, 2.05) is 0 Å². The third-order valence-electron chi connectivity index (χ3n) is 12.4. The van der Waals surface area contributed by atoms with Gasteiger partial charge in [-0.25, -0.2) is 24.6 Å². The molecule has 6 N–H and O–H groups in total. The van der Waals surface area contributed by atoms with Crippen LogP contribution in [0.2, 0.25) is 35.7 Å². The van der Waals surface area contributed by atoms with Crippen molar-refractivity contribution < 1.29 is 34.8 Å². The van der Waals surface area contributed by atoms with Crippen molar-refractivity contribution in [2.45, 2.75) is 129 Å². The molecule has 2 aromatic carbocycles. The minimum atomic E-state index is -1.30. The first-order valence-corrected chi connectivity index (χ1v) is 27.1. The lowest BCUT2D eigenvalue weighted by atomic mass is 10.1. The van der Waals surface area contributed by atoms with Crippen molar-refractivity contribution in [3.63, 3.8) is 0 Å². The van der Waals surface area contributed by atoms with Crippen molar-refractivity contribution in [1.29, 1.82) is 10.5 Å². The van der Waals surface area contributed by atoms with Gasteiger partial charge in [0.25, 0.3) is 11.8 Å². The number of rotatable bonds is 15. The lowest BCUT2D eigenvalue weighted by Gasteiger charge is -2.22. The van der Waals surface area contributed by atoms with Crippen molar-refractivity contribution in [2.24, 2.45) is 4.99 Å². The molecule has 2 aliphatic carbocycles. The van der Waals surface area contributed by atoms with Crippen LogP contribution in [0.3, 0.4) is 0 Å². The number of aromatic nitrogens is 6. The van der Waals surface area contributed by atoms with Crippen molar-refractivity contribution in [2.75, 3.05) is 31.3 Å². The Morgan fingerprint density at radius 3 is 1.85 bits per heavy atom. The number of nitriles is 2. The molecular formula is C49H63Cl2N13O7Si. The van der Waals surface area contributed by atoms with E-state index >= 15 is 0 Å². The average Bonchev–Trinajstić information content (AvgIpc) is 4.10. The summed E-state index contributed by atoms with van der Waals surface area (Å²) in [4.78, 5) is 51.5. The van der Waals surface area contributed by atoms with E-state index in [4.69, 9.17) is 27.9 Å². The Balaban J connectivity index is 0.000000266. The number of nitrogens with one attached hydrogen (secondary N) is 2. The van der Waals surface area contributed by atoms with Crippen molar-refractivity contribution in [3.05, 3.63) is 98.3 Å². The molecule has 72 heavy (non-hydrogen) atoms. The standard InChI is InChI=1S/C26H34ClN7O4Si.C21H21ClN6O3.2CH4/c1-33(13-17-11-18(27)6-5-16(17)12-28)26(37)22-21-24(31-19-7-8-20(35)23(19)36)29-14-30-25(21)34(32-22)15-38-9-10-39(2,3)4;1-28(9-12-6-13(22)3-2-11(12)7-23)21(31)18-17-15(8-24-18)25-10-26-20(17)27-14-4-5-16(29)19(14)30;;/h5-6,11,14,19-20,23,35-36H,7-10,13,15H2,1-4H3,(H,29,30,31);2-3,6,10,14,16,19,29-30H,4-5,8-9H2,1H3,(H,25,26,27);2*1H4/t19-,20-,23+;14-,16-,19+;;/m11../s1. The number of benzene rings is 2. The van der Waals surface area contributed by atoms with Gasteiger partial charge in [0.05, 0.1) is 83.0 Å². The van der Waals surface area contributed by atoms with Gasteiger partial charge in [0.2, 0.25) is 0 Å². The first kappa shape index (κ1) is 56.8. The van der Waals surface area contributed by atoms with Crippen LogP contribution in [-0.2, 0) is 35.9 Å². The molecule has 2 amide bonds. The second-order valence-corrected chi connectivity index (χ2v) is 25.2. The first-order chi connectivity index (χ1) is 33.4. The summed E-state index contributed by atoms with van der Waals surface area (Å²) in [6.45, 7) is 8.03. The largest absolute Gasteiger partial charge is 0.390 e. The number of amides is 2. The summed E-state index contributed by atoms with van der Waals surface area (Å²) in [5.74, 6) is -0.00706. The lowest BCUT2D eigenvalue weighted by Crippen LogP contribution is -2.36. The molecular weight excluding hydrogens is 982 g/mol. The van der Waals surface area contributed by atoms with Gasteiger partial charge in [-0.3, -0.25) is 14.6 Å². The SMILES string of the molecule is C.C.CN(Cc1cc(Cl)ccc1C#N)C(=O)C1=NCc2ncnc(N[C@@H]3CC[C@@H](O)[C@H]3O)c21.CN(Cc1cc(Cl)ccc1C#N)C(=O)c1nn(COCC[Si](C)(C)C)c2ncnc(N[C@@H]3CC[C@@H](O)[C@H]3O)c12. The summed E-state index contributed by atoms with van der Waals surface area (Å²) >= 11 is 12.2. The molecule has 4 heterocycles. The summed E-state index contributed by atoms with van der Waals surface area (Å²) in [5, 5.41) is 71.5. The molecule has 0 saturated heterocycles. The summed E-state index contributed by atoms with van der Waals surface area (Å²) in [6.07, 6.45) is 1.29. The highest BCUT2D eigenvalue weighted by atomic mass is 35.5. The van der Waals surface area contributed by atoms with Gasteiger partial charge in [0, 0.05) is 51.9 Å². The number of likely N-dealkylation sites (N-methyl/N-ethyl adjacent to an activating group) is 1. The fourth-order valence-electron chi connectivity index (χ4n) is 8.40. The van der Waals surface area contributed by atoms with Gasteiger partial charge < -0.3 is 45.6 Å². The maximum absolute atomic E-state index is 13.8. The quantitative estimate of drug-likeness (QED) is 0.0537. The number of anilines is 2. The Bertz CT molecular complexity index is 2870. The van der Waals surface area contributed by atoms with E-state index in [9.17, 15) is 40.5 Å². The molecule has 3 aromatic heterocycles. The van der Waals surface area contributed by atoms with Gasteiger partial charge in [-0.1, -0.05) is 57.7 Å². The predicted octanol–water partition coefficient (Wildman–Crippen LogP) is 5.76. The number of aliphatic hydroxyl groups is 4. The average molecular weight is 1050 g/mol. The van der Waals surface area contributed by atoms with E-state index in [2.05, 4.69) is 72.4 Å². The topological polar surface area (TPSA) is 284 Å². The van der Waals surface area contributed by atoms with E-state index < -0.39 is 44.4 Å². The number of carbonyl (C=O) groups is 2. The molecule has 6 atom stereocenters. The van der Waals surface area contributed by atoms with E-state index in [1.54, 1.807) is 50.5 Å². The minimum absolute atomic E-state index is 0. The highest BCUT2D eigenvalue weighted by Crippen LogP contribution is 2.31. The second-order valence-electron chi connectivity index (χ2n) is 18.7. The zero-order valence-electron chi connectivity index (χ0n) is 39.3. The monoisotopic (exact) mass is 1040 g/mol. The van der Waals surface area contributed by atoms with Crippen molar-refractivity contribution >= 4 is 71.5 Å². The number of nitrogens with zero attached hydrogens (tertiary/aromatic N) is 11. The van der Waals surface area contributed by atoms with Gasteiger partial charge in [0.15, 0.2) is 11.3 Å². The molecule has 384 valence electrons. The third kappa shape index (κ3) is 13.1.